The van der Waals surface area contributed by atoms with Crippen LogP contribution in [0.2, 0.25) is 0 Å². The van der Waals surface area contributed by atoms with Crippen molar-refractivity contribution in [1.82, 2.24) is 10.2 Å². The van der Waals surface area contributed by atoms with E-state index in [2.05, 4.69) is 0 Å². The van der Waals surface area contributed by atoms with Crippen LogP contribution >= 0.6 is 0 Å². The molecular formula is C15H23F3N2O4. The van der Waals surface area contributed by atoms with Gasteiger partial charge in [-0.2, -0.15) is 13.2 Å². The van der Waals surface area contributed by atoms with Crippen LogP contribution < -0.4 is 5.32 Å². The number of rotatable bonds is 4. The second-order valence-corrected chi connectivity index (χ2v) is 6.54. The fourth-order valence-corrected chi connectivity index (χ4v) is 3.78. The zero-order valence-corrected chi connectivity index (χ0v) is 13.7. The minimum absolute atomic E-state index is 0.400. The molecule has 6 nitrogen and oxygen atoms in total. The molecule has 2 N–H and O–H groups in total. The van der Waals surface area contributed by atoms with E-state index in [1.807, 2.05) is 5.32 Å². The van der Waals surface area contributed by atoms with Gasteiger partial charge in [0.15, 0.2) is 0 Å². The molecule has 1 saturated heterocycles. The van der Waals surface area contributed by atoms with E-state index in [4.69, 9.17) is 4.74 Å². The first kappa shape index (κ1) is 18.8. The number of nitrogens with zero attached hydrogens (tertiary/aromatic N) is 1. The summed E-state index contributed by atoms with van der Waals surface area (Å²) in [7, 11) is 1.29. The lowest BCUT2D eigenvalue weighted by atomic mass is 9.83. The van der Waals surface area contributed by atoms with Gasteiger partial charge in [0, 0.05) is 13.0 Å². The predicted molar refractivity (Wildman–Crippen MR) is 78.2 cm³/mol. The lowest BCUT2D eigenvalue weighted by Crippen LogP contribution is -2.71. The molecule has 1 aliphatic carbocycles. The molecular weight excluding hydrogens is 329 g/mol. The lowest BCUT2D eigenvalue weighted by molar-refractivity contribution is -0.189. The van der Waals surface area contributed by atoms with E-state index < -0.39 is 48.3 Å². The Labute approximate surface area is 138 Å². The molecule has 0 bridgehead atoms. The highest BCUT2D eigenvalue weighted by Crippen LogP contribution is 2.37. The van der Waals surface area contributed by atoms with E-state index in [1.54, 1.807) is 6.92 Å². The number of likely N-dealkylation sites (tertiary alicyclic amines) is 1. The van der Waals surface area contributed by atoms with Crippen molar-refractivity contribution in [2.75, 3.05) is 7.11 Å². The molecule has 0 radical (unpaired) electrons. The molecule has 0 aromatic rings. The van der Waals surface area contributed by atoms with Crippen LogP contribution in [0.3, 0.4) is 0 Å². The summed E-state index contributed by atoms with van der Waals surface area (Å²) in [5.74, 6) is -2.42. The van der Waals surface area contributed by atoms with Gasteiger partial charge in [0.25, 0.3) is 0 Å². The van der Waals surface area contributed by atoms with Gasteiger partial charge in [-0.05, 0) is 18.8 Å². The zero-order chi connectivity index (χ0) is 18.1. The number of ether oxygens (including phenoxy) is 1. The molecule has 0 aromatic carbocycles. The van der Waals surface area contributed by atoms with E-state index in [0.29, 0.717) is 25.7 Å². The number of nitrogens with one attached hydrogen (secondary N) is 1. The van der Waals surface area contributed by atoms with Crippen molar-refractivity contribution in [2.24, 2.45) is 11.8 Å². The van der Waals surface area contributed by atoms with Gasteiger partial charge in [-0.3, -0.25) is 4.90 Å². The number of hydrogen-bond donors (Lipinski definition) is 2. The molecule has 9 heteroatoms. The Morgan fingerprint density at radius 2 is 1.83 bits per heavy atom. The maximum Gasteiger partial charge on any atom is 0.408 e. The molecule has 2 rings (SSSR count). The van der Waals surface area contributed by atoms with E-state index in [0.717, 1.165) is 11.3 Å². The fraction of sp³-hybridized carbons (Fsp3) is 0.867. The third-order valence-electron chi connectivity index (χ3n) is 5.00. The summed E-state index contributed by atoms with van der Waals surface area (Å²) in [6.07, 6.45) is -2.32. The Morgan fingerprint density at radius 3 is 2.29 bits per heavy atom. The van der Waals surface area contributed by atoms with Gasteiger partial charge in [0.05, 0.1) is 0 Å². The topological polar surface area (TPSA) is 78.9 Å². The van der Waals surface area contributed by atoms with Gasteiger partial charge in [0.1, 0.15) is 18.3 Å². The van der Waals surface area contributed by atoms with Crippen molar-refractivity contribution in [3.63, 3.8) is 0 Å². The third-order valence-corrected chi connectivity index (χ3v) is 5.00. The highest BCUT2D eigenvalue weighted by molar-refractivity contribution is 5.85. The van der Waals surface area contributed by atoms with Crippen molar-refractivity contribution in [2.45, 2.75) is 63.5 Å². The number of methoxy groups -OCH3 is 1. The van der Waals surface area contributed by atoms with Gasteiger partial charge < -0.3 is 15.2 Å². The first-order valence-electron chi connectivity index (χ1n) is 8.09. The first-order chi connectivity index (χ1) is 11.2. The molecule has 2 aliphatic rings. The zero-order valence-electron chi connectivity index (χ0n) is 13.7. The number of carbonyl (C=O) groups excluding carboxylic acids is 1. The van der Waals surface area contributed by atoms with Crippen molar-refractivity contribution < 1.29 is 32.6 Å². The fourth-order valence-electron chi connectivity index (χ4n) is 3.78. The predicted octanol–water partition coefficient (Wildman–Crippen LogP) is 2.58. The van der Waals surface area contributed by atoms with Gasteiger partial charge in [-0.1, -0.05) is 26.2 Å². The third kappa shape index (κ3) is 3.60. The monoisotopic (exact) mass is 352 g/mol. The minimum atomic E-state index is -4.57. The smallest absolute Gasteiger partial charge is 0.408 e. The van der Waals surface area contributed by atoms with E-state index in [-0.39, 0.29) is 0 Å². The standard InChI is InChI=1S/C15H23F3N2O4/c1-8-10(13(21)22)20(12(8)24-2)14(23)19-11(15(16,17)18)9-6-4-3-5-7-9/h8-12H,3-7H2,1-2H3,(H,19,23)(H,21,22)/t8-,10+,11+,12?/m1/s1. The molecule has 4 atom stereocenters. The molecule has 0 spiro atoms. The van der Waals surface area contributed by atoms with Gasteiger partial charge in [-0.25, -0.2) is 9.59 Å². The molecule has 24 heavy (non-hydrogen) atoms. The summed E-state index contributed by atoms with van der Waals surface area (Å²) < 4.78 is 45.2. The molecule has 138 valence electrons. The molecule has 0 aromatic heterocycles. The molecule has 1 unspecified atom stereocenters. The van der Waals surface area contributed by atoms with Crippen LogP contribution in [0, 0.1) is 11.8 Å². The number of halogens is 3. The Hall–Kier alpha value is -1.51. The van der Waals surface area contributed by atoms with Crippen molar-refractivity contribution in [3.8, 4) is 0 Å². The summed E-state index contributed by atoms with van der Waals surface area (Å²) in [4.78, 5) is 24.4. The number of alkyl halides is 3. The largest absolute Gasteiger partial charge is 0.480 e. The van der Waals surface area contributed by atoms with Crippen LogP contribution in [0.1, 0.15) is 39.0 Å². The number of aliphatic carboxylic acids is 1. The molecule has 1 aliphatic heterocycles. The second kappa shape index (κ2) is 7.16. The van der Waals surface area contributed by atoms with Gasteiger partial charge >= 0.3 is 18.2 Å². The Balaban J connectivity index is 2.13. The highest BCUT2D eigenvalue weighted by atomic mass is 19.4. The molecule has 1 heterocycles. The van der Waals surface area contributed by atoms with Crippen LogP contribution in [0.15, 0.2) is 0 Å². The van der Waals surface area contributed by atoms with Crippen molar-refractivity contribution in [3.05, 3.63) is 0 Å². The van der Waals surface area contributed by atoms with Crippen LogP contribution in [0.4, 0.5) is 18.0 Å². The van der Waals surface area contributed by atoms with Crippen molar-refractivity contribution in [1.29, 1.82) is 0 Å². The Morgan fingerprint density at radius 1 is 1.25 bits per heavy atom. The number of urea groups is 1. The summed E-state index contributed by atoms with van der Waals surface area (Å²) >= 11 is 0. The molecule has 1 saturated carbocycles. The summed E-state index contributed by atoms with van der Waals surface area (Å²) in [5, 5.41) is 11.2. The van der Waals surface area contributed by atoms with Crippen molar-refractivity contribution >= 4 is 12.0 Å². The van der Waals surface area contributed by atoms with E-state index >= 15 is 0 Å². The van der Waals surface area contributed by atoms with Crippen LogP contribution in [0.5, 0.6) is 0 Å². The Kier molecular flexibility index (Phi) is 5.62. The van der Waals surface area contributed by atoms with Crippen LogP contribution in [0.25, 0.3) is 0 Å². The van der Waals surface area contributed by atoms with Gasteiger partial charge in [-0.15, -0.1) is 0 Å². The number of carboxylic acid groups (broad SMARTS) is 1. The van der Waals surface area contributed by atoms with Gasteiger partial charge in [0.2, 0.25) is 0 Å². The molecule has 2 amide bonds. The lowest BCUT2D eigenvalue weighted by Gasteiger charge is -2.50. The normalized spacial score (nSPS) is 29.7. The average molecular weight is 352 g/mol. The number of amides is 2. The maximum atomic E-state index is 13.4. The quantitative estimate of drug-likeness (QED) is 0.815. The summed E-state index contributed by atoms with van der Waals surface area (Å²) in [6.45, 7) is 1.58. The van der Waals surface area contributed by atoms with Crippen LogP contribution in [-0.4, -0.2) is 53.6 Å². The number of carboxylic acids is 1. The second-order valence-electron chi connectivity index (χ2n) is 6.54. The highest BCUT2D eigenvalue weighted by Gasteiger charge is 2.55. The summed E-state index contributed by atoms with van der Waals surface area (Å²) in [6, 6.07) is -4.19. The van der Waals surface area contributed by atoms with Crippen LogP contribution in [-0.2, 0) is 9.53 Å². The molecule has 2 fully saturated rings. The SMILES string of the molecule is COC1[C@H](C)[C@@H](C(=O)O)N1C(=O)N[C@@H](C1CCCCC1)C(F)(F)F. The van der Waals surface area contributed by atoms with E-state index in [9.17, 15) is 27.9 Å². The average Bonchev–Trinajstić information content (AvgIpc) is 2.49. The van der Waals surface area contributed by atoms with E-state index in [1.165, 1.54) is 7.11 Å². The first-order valence-corrected chi connectivity index (χ1v) is 8.09. The summed E-state index contributed by atoms with van der Waals surface area (Å²) in [5.41, 5.74) is 0. The Bertz CT molecular complexity index is 480. The maximum absolute atomic E-state index is 13.4. The number of hydrogen-bond acceptors (Lipinski definition) is 3. The number of carbonyl (C=O) groups is 2. The minimum Gasteiger partial charge on any atom is -0.480 e.